The van der Waals surface area contributed by atoms with Crippen molar-refractivity contribution in [1.29, 1.82) is 0 Å². The van der Waals surface area contributed by atoms with Gasteiger partial charge in [0, 0.05) is 52.3 Å². The number of benzene rings is 7. The third-order valence-corrected chi connectivity index (χ3v) is 13.0. The summed E-state index contributed by atoms with van der Waals surface area (Å²) in [6, 6.07) is 33.7. The molecule has 1 N–H and O–H groups in total. The van der Waals surface area contributed by atoms with Gasteiger partial charge >= 0.3 is 0 Å². The van der Waals surface area contributed by atoms with Crippen LogP contribution in [-0.2, 0) is 42.7 Å². The van der Waals surface area contributed by atoms with E-state index < -0.39 is 89.1 Å². The third kappa shape index (κ3) is 10.2. The van der Waals surface area contributed by atoms with Gasteiger partial charge < -0.3 is 5.11 Å². The minimum absolute atomic E-state index is 0. The van der Waals surface area contributed by atoms with E-state index in [-0.39, 0.29) is 49.1 Å². The van der Waals surface area contributed by atoms with Gasteiger partial charge in [-0.25, -0.2) is 4.98 Å². The zero-order valence-electron chi connectivity index (χ0n) is 55.5. The van der Waals surface area contributed by atoms with Crippen LogP contribution in [0.1, 0.15) is 134 Å². The second-order valence-electron chi connectivity index (χ2n) is 22.4. The van der Waals surface area contributed by atoms with Crippen LogP contribution >= 0.6 is 0 Å². The molecule has 0 saturated heterocycles. The van der Waals surface area contributed by atoms with Gasteiger partial charge in [-0.15, -0.1) is 29.3 Å². The molecule has 5 heteroatoms. The first-order valence-electron chi connectivity index (χ1n) is 30.2. The summed E-state index contributed by atoms with van der Waals surface area (Å²) in [6.45, 7) is 19.3. The van der Waals surface area contributed by atoms with Gasteiger partial charge in [0.15, 0.2) is 0 Å². The normalized spacial score (nSPS) is 15.3. The van der Waals surface area contributed by atoms with Crippen molar-refractivity contribution in [3.05, 3.63) is 191 Å². The maximum atomic E-state index is 12.8. The summed E-state index contributed by atoms with van der Waals surface area (Å²) in [7, 11) is 0. The first-order chi connectivity index (χ1) is 38.3. The molecule has 7 aromatic carbocycles. The Balaban J connectivity index is 0.00000920. The zero-order valence-corrected chi connectivity index (χ0v) is 44.8. The fourth-order valence-electron chi connectivity index (χ4n) is 8.84. The van der Waals surface area contributed by atoms with E-state index in [1.807, 2.05) is 131 Å². The summed E-state index contributed by atoms with van der Waals surface area (Å²) in [6.07, 6.45) is -0.625. The van der Waals surface area contributed by atoms with Crippen LogP contribution in [0, 0.1) is 19.8 Å². The molecule has 0 atom stereocenters. The Hall–Kier alpha value is -6.35. The van der Waals surface area contributed by atoms with Crippen LogP contribution in [0.4, 0.5) is 0 Å². The maximum absolute atomic E-state index is 12.8. The predicted molar refractivity (Wildman–Crippen MR) is 296 cm³/mol. The second-order valence-corrected chi connectivity index (χ2v) is 22.4. The topological polar surface area (TPSA) is 50.9 Å². The molecule has 2 heterocycles. The van der Waals surface area contributed by atoms with E-state index in [4.69, 9.17) is 21.4 Å². The fourth-order valence-corrected chi connectivity index (χ4v) is 8.84. The van der Waals surface area contributed by atoms with Crippen molar-refractivity contribution in [2.45, 2.75) is 118 Å². The number of hydrogen-bond donors (Lipinski definition) is 1. The van der Waals surface area contributed by atoms with E-state index in [0.717, 1.165) is 22.3 Å². The fraction of sp³-hybridized carbons (Fsp3) is 0.273. The summed E-state index contributed by atoms with van der Waals surface area (Å²) in [5.41, 5.74) is 5.84. The van der Waals surface area contributed by atoms with E-state index in [1.165, 1.54) is 0 Å². The van der Waals surface area contributed by atoms with E-state index in [9.17, 15) is 6.48 Å². The van der Waals surface area contributed by atoms with Gasteiger partial charge in [0.25, 0.3) is 0 Å². The minimum Gasteiger partial charge on any atom is -0.507 e. The molecule has 0 aliphatic rings. The SMILES string of the molecule is [2H]c1nc(-c2[c-]c(-c3cccc4c3nc(-c3cc(C(C)(C)C)cc(C(C)(C)C)c3O)n4-c3cc(-c4ccccc4)c(C([2H])([2H])[2H])cc3-c3ccc(C(C)(C)C)cc3)cc(C(C)(C)C)c2)c([2H])c(-c2c([2H])c([2H])c(C([2H])([2H])[2H])c([2H])c2[2H])c1[2H].[Pt]. The van der Waals surface area contributed by atoms with Crippen LogP contribution in [0.15, 0.2) is 152 Å². The number of aromatic hydroxyl groups is 1. The Morgan fingerprint density at radius 1 is 0.549 bits per heavy atom. The molecule has 9 rings (SSSR count). The van der Waals surface area contributed by atoms with E-state index >= 15 is 0 Å². The van der Waals surface area contributed by atoms with E-state index in [1.54, 1.807) is 12.1 Å². The summed E-state index contributed by atoms with van der Waals surface area (Å²) >= 11 is 0. The van der Waals surface area contributed by atoms with Crippen molar-refractivity contribution >= 4 is 11.0 Å². The second kappa shape index (κ2) is 19.0. The Bertz CT molecular complexity index is 4030. The molecule has 9 aromatic rings. The number of pyridine rings is 1. The van der Waals surface area contributed by atoms with Crippen LogP contribution in [0.2, 0.25) is 0 Å². The molecule has 0 aliphatic carbocycles. The maximum Gasteiger partial charge on any atom is 0.148 e. The Labute approximate surface area is 455 Å². The van der Waals surface area contributed by atoms with Gasteiger partial charge in [0.05, 0.1) is 31.9 Å². The van der Waals surface area contributed by atoms with Crippen molar-refractivity contribution in [3.63, 3.8) is 0 Å². The summed E-state index contributed by atoms with van der Waals surface area (Å²) in [5, 5.41) is 12.8. The largest absolute Gasteiger partial charge is 0.507 e. The summed E-state index contributed by atoms with van der Waals surface area (Å²) in [5.74, 6) is 0.380. The first-order valence-corrected chi connectivity index (χ1v) is 23.7. The number of aryl methyl sites for hydroxylation is 1. The Morgan fingerprint density at radius 2 is 1.20 bits per heavy atom. The molecule has 0 saturated carbocycles. The molecule has 0 fully saturated rings. The van der Waals surface area contributed by atoms with Crippen molar-refractivity contribution in [1.82, 2.24) is 14.5 Å². The number of phenolic OH excluding ortho intramolecular Hbond substituents is 1. The summed E-state index contributed by atoms with van der Waals surface area (Å²) < 4.78 is 116. The zero-order chi connectivity index (χ0) is 61.2. The number of para-hydroxylation sites is 1. The first kappa shape index (κ1) is 36.6. The third-order valence-electron chi connectivity index (χ3n) is 13.0. The van der Waals surface area contributed by atoms with Gasteiger partial charge in [-0.3, -0.25) is 9.55 Å². The number of hydrogen-bond acceptors (Lipinski definition) is 3. The van der Waals surface area contributed by atoms with Crippen LogP contribution < -0.4 is 0 Å². The van der Waals surface area contributed by atoms with E-state index in [0.29, 0.717) is 61.5 Å². The van der Waals surface area contributed by atoms with Crippen molar-refractivity contribution in [2.75, 3.05) is 0 Å². The van der Waals surface area contributed by atoms with Crippen LogP contribution in [0.5, 0.6) is 5.75 Å². The van der Waals surface area contributed by atoms with Gasteiger partial charge in [-0.1, -0.05) is 203 Å². The van der Waals surface area contributed by atoms with E-state index in [2.05, 4.69) is 64.7 Å². The van der Waals surface area contributed by atoms with Crippen LogP contribution in [0.3, 0.4) is 0 Å². The molecule has 0 bridgehead atoms. The average molecular weight is 1130 g/mol. The molecule has 0 spiro atoms. The Kier molecular flexibility index (Phi) is 9.78. The molecular weight excluding hydrogens is 1050 g/mol. The molecule has 0 unspecified atom stereocenters. The Morgan fingerprint density at radius 3 is 1.83 bits per heavy atom. The van der Waals surface area contributed by atoms with Crippen molar-refractivity contribution in [2.24, 2.45) is 0 Å². The number of rotatable bonds is 7. The quantitative estimate of drug-likeness (QED) is 0.162. The molecule has 71 heavy (non-hydrogen) atoms. The number of aromatic nitrogens is 3. The molecule has 0 aliphatic heterocycles. The molecular formula is C66H68N3OPt-. The molecule has 2 aromatic heterocycles. The minimum atomic E-state index is -3.00. The van der Waals surface area contributed by atoms with Crippen molar-refractivity contribution in [3.8, 4) is 78.6 Å². The van der Waals surface area contributed by atoms with Gasteiger partial charge in [0.2, 0.25) is 0 Å². The monoisotopic (exact) mass is 1130 g/mol. The predicted octanol–water partition coefficient (Wildman–Crippen LogP) is 17.7. The van der Waals surface area contributed by atoms with Gasteiger partial charge in [-0.05, 0) is 110 Å². The number of nitrogens with zero attached hydrogens (tertiary/aromatic N) is 3. The number of fused-ring (bicyclic) bond motifs is 1. The summed E-state index contributed by atoms with van der Waals surface area (Å²) in [4.78, 5) is 10.1. The van der Waals surface area contributed by atoms with Crippen LogP contribution in [0.25, 0.3) is 83.9 Å². The molecule has 0 radical (unpaired) electrons. The average Bonchev–Trinajstić information content (AvgIpc) is 3.92. The number of phenols is 1. The molecule has 364 valence electrons. The number of imidazole rings is 1. The van der Waals surface area contributed by atoms with Crippen molar-refractivity contribution < 1.29 is 44.0 Å². The van der Waals surface area contributed by atoms with Gasteiger partial charge in [-0.2, -0.15) is 0 Å². The van der Waals surface area contributed by atoms with Gasteiger partial charge in [0.1, 0.15) is 11.6 Å². The molecule has 4 nitrogen and oxygen atoms in total. The smallest absolute Gasteiger partial charge is 0.148 e. The molecule has 0 amide bonds. The standard InChI is InChI=1S/C66H68N3O.Pt/c1-41-23-25-43(26-24-41)46-31-32-67-57(37-46)48-34-47(35-50(36-48)64(6,7)8)52-21-18-22-58-60(52)68-62(55-38-51(65(9,10)11)39-56(61(55)70)66(12,13)14)69(58)59-40-53(44-19-16-15-17-20-44)42(2)33-54(59)45-27-29-49(30-28-45)63(3,4)5;/h15-33,35-40,70H,1-14H3;/q-1;/i1D3,2D3,23D,24D,25D,26D,31D,32D,37D;. The van der Waals surface area contributed by atoms with Crippen LogP contribution in [-0.4, -0.2) is 19.6 Å².